The topological polar surface area (TPSA) is 47.9 Å². The Morgan fingerprint density at radius 2 is 1.37 bits per heavy atom. The van der Waals surface area contributed by atoms with Gasteiger partial charge in [0.05, 0.1) is 0 Å². The van der Waals surface area contributed by atoms with Crippen LogP contribution >= 0.6 is 11.6 Å². The van der Waals surface area contributed by atoms with Crippen molar-refractivity contribution in [1.29, 1.82) is 0 Å². The third kappa shape index (κ3) is 3.96. The van der Waals surface area contributed by atoms with Crippen molar-refractivity contribution in [3.63, 3.8) is 0 Å². The average molecular weight is 374 g/mol. The molecule has 3 aromatic heterocycles. The summed E-state index contributed by atoms with van der Waals surface area (Å²) in [4.78, 5) is 13.0. The Bertz CT molecular complexity index is 969. The molecule has 0 radical (unpaired) electrons. The number of ether oxygens (including phenoxy) is 1. The van der Waals surface area contributed by atoms with Crippen LogP contribution in [0.1, 0.15) is 17.2 Å². The van der Waals surface area contributed by atoms with Crippen molar-refractivity contribution >= 4 is 11.6 Å². The van der Waals surface area contributed by atoms with Gasteiger partial charge in [-0.05, 0) is 36.4 Å². The second kappa shape index (κ2) is 7.98. The molecule has 0 aliphatic carbocycles. The lowest BCUT2D eigenvalue weighted by atomic mass is 10.0. The summed E-state index contributed by atoms with van der Waals surface area (Å²) in [7, 11) is 0. The number of pyridine rings is 3. The molecule has 0 saturated heterocycles. The Morgan fingerprint density at radius 3 is 1.96 bits per heavy atom. The molecule has 0 fully saturated rings. The molecule has 0 spiro atoms. The lowest BCUT2D eigenvalue weighted by Gasteiger charge is -2.21. The third-order valence-electron chi connectivity index (χ3n) is 4.11. The van der Waals surface area contributed by atoms with E-state index in [-0.39, 0.29) is 6.10 Å². The maximum atomic E-state index is 6.43. The van der Waals surface area contributed by atoms with E-state index in [4.69, 9.17) is 16.3 Å². The Labute approximate surface area is 162 Å². The van der Waals surface area contributed by atoms with Crippen molar-refractivity contribution in [3.8, 4) is 17.0 Å². The van der Waals surface area contributed by atoms with Crippen LogP contribution in [0.2, 0.25) is 5.02 Å². The lowest BCUT2D eigenvalue weighted by molar-refractivity contribution is 0.246. The average Bonchev–Trinajstić information content (AvgIpc) is 2.74. The molecule has 0 amide bonds. The molecule has 0 unspecified atom stereocenters. The highest BCUT2D eigenvalue weighted by Crippen LogP contribution is 2.34. The summed E-state index contributed by atoms with van der Waals surface area (Å²) >= 11 is 6.02. The Balaban J connectivity index is 1.75. The fourth-order valence-electron chi connectivity index (χ4n) is 2.83. The quantitative estimate of drug-likeness (QED) is 0.472. The van der Waals surface area contributed by atoms with Crippen LogP contribution in [-0.2, 0) is 0 Å². The van der Waals surface area contributed by atoms with Crippen LogP contribution in [0.5, 0.6) is 5.75 Å². The molecule has 4 nitrogen and oxygen atoms in total. The highest BCUT2D eigenvalue weighted by atomic mass is 35.5. The molecule has 132 valence electrons. The van der Waals surface area contributed by atoms with E-state index in [2.05, 4.69) is 15.0 Å². The monoisotopic (exact) mass is 373 g/mol. The first-order valence-electron chi connectivity index (χ1n) is 8.49. The standard InChI is InChI=1S/C22H16ClN3O/c23-19-9-7-16(8-10-19)21-20(6-3-13-26-21)27-22(17-4-1-11-24-14-17)18-5-2-12-25-15-18/h1-15,22H. The number of halogens is 1. The molecular formula is C22H16ClN3O. The maximum Gasteiger partial charge on any atom is 0.152 e. The normalized spacial score (nSPS) is 10.7. The zero-order chi connectivity index (χ0) is 18.5. The van der Waals surface area contributed by atoms with E-state index < -0.39 is 0 Å². The van der Waals surface area contributed by atoms with E-state index in [1.807, 2.05) is 60.7 Å². The minimum Gasteiger partial charge on any atom is -0.479 e. The SMILES string of the molecule is Clc1ccc(-c2ncccc2OC(c2cccnc2)c2cccnc2)cc1. The van der Waals surface area contributed by atoms with Crippen LogP contribution in [0.3, 0.4) is 0 Å². The summed E-state index contributed by atoms with van der Waals surface area (Å²) in [5.41, 5.74) is 3.57. The molecule has 3 heterocycles. The highest BCUT2D eigenvalue weighted by molar-refractivity contribution is 6.30. The zero-order valence-electron chi connectivity index (χ0n) is 14.4. The summed E-state index contributed by atoms with van der Waals surface area (Å²) in [6, 6.07) is 19.1. The van der Waals surface area contributed by atoms with Crippen molar-refractivity contribution in [3.05, 3.63) is 108 Å². The number of hydrogen-bond acceptors (Lipinski definition) is 4. The van der Waals surface area contributed by atoms with Gasteiger partial charge in [-0.25, -0.2) is 0 Å². The van der Waals surface area contributed by atoms with E-state index in [9.17, 15) is 0 Å². The highest BCUT2D eigenvalue weighted by Gasteiger charge is 2.19. The molecule has 0 atom stereocenters. The fraction of sp³-hybridized carbons (Fsp3) is 0.0455. The van der Waals surface area contributed by atoms with Crippen LogP contribution in [0.15, 0.2) is 91.6 Å². The zero-order valence-corrected chi connectivity index (χ0v) is 15.1. The van der Waals surface area contributed by atoms with Crippen LogP contribution < -0.4 is 4.74 Å². The van der Waals surface area contributed by atoms with Crippen LogP contribution in [0.25, 0.3) is 11.3 Å². The van der Waals surface area contributed by atoms with Crippen LogP contribution in [-0.4, -0.2) is 15.0 Å². The maximum absolute atomic E-state index is 6.43. The minimum atomic E-state index is -0.345. The van der Waals surface area contributed by atoms with Crippen LogP contribution in [0.4, 0.5) is 0 Å². The molecule has 0 saturated carbocycles. The number of benzene rings is 1. The van der Waals surface area contributed by atoms with Crippen molar-refractivity contribution in [2.75, 3.05) is 0 Å². The predicted octanol–water partition coefficient (Wildman–Crippen LogP) is 5.36. The Kier molecular flexibility index (Phi) is 5.08. The van der Waals surface area contributed by atoms with Gasteiger partial charge in [-0.1, -0.05) is 35.9 Å². The van der Waals surface area contributed by atoms with Gasteiger partial charge in [0.25, 0.3) is 0 Å². The molecule has 27 heavy (non-hydrogen) atoms. The van der Waals surface area contributed by atoms with Crippen molar-refractivity contribution in [2.45, 2.75) is 6.10 Å². The van der Waals surface area contributed by atoms with E-state index in [1.54, 1.807) is 31.0 Å². The second-order valence-electron chi connectivity index (χ2n) is 5.93. The molecule has 0 N–H and O–H groups in total. The van der Waals surface area contributed by atoms with Gasteiger partial charge in [-0.3, -0.25) is 15.0 Å². The number of aromatic nitrogens is 3. The van der Waals surface area contributed by atoms with Gasteiger partial charge in [0.15, 0.2) is 6.10 Å². The molecule has 4 rings (SSSR count). The van der Waals surface area contributed by atoms with Gasteiger partial charge in [-0.15, -0.1) is 0 Å². The van der Waals surface area contributed by atoms with E-state index in [0.717, 1.165) is 22.4 Å². The van der Waals surface area contributed by atoms with Gasteiger partial charge in [0, 0.05) is 52.7 Å². The summed E-state index contributed by atoms with van der Waals surface area (Å²) in [6.45, 7) is 0. The third-order valence-corrected chi connectivity index (χ3v) is 4.36. The summed E-state index contributed by atoms with van der Waals surface area (Å²) in [5, 5.41) is 0.681. The molecule has 1 aromatic carbocycles. The fourth-order valence-corrected chi connectivity index (χ4v) is 2.95. The van der Waals surface area contributed by atoms with Crippen molar-refractivity contribution in [1.82, 2.24) is 15.0 Å². The number of nitrogens with zero attached hydrogens (tertiary/aromatic N) is 3. The van der Waals surface area contributed by atoms with Crippen LogP contribution in [0, 0.1) is 0 Å². The number of hydrogen-bond donors (Lipinski definition) is 0. The summed E-state index contributed by atoms with van der Waals surface area (Å²) < 4.78 is 6.43. The predicted molar refractivity (Wildman–Crippen MR) is 106 cm³/mol. The molecule has 0 aliphatic rings. The van der Waals surface area contributed by atoms with Gasteiger partial charge < -0.3 is 4.74 Å². The molecular weight excluding hydrogens is 358 g/mol. The van der Waals surface area contributed by atoms with Gasteiger partial charge in [0.1, 0.15) is 11.4 Å². The largest absolute Gasteiger partial charge is 0.479 e. The minimum absolute atomic E-state index is 0.345. The van der Waals surface area contributed by atoms with E-state index >= 15 is 0 Å². The number of rotatable bonds is 5. The Hall–Kier alpha value is -3.24. The second-order valence-corrected chi connectivity index (χ2v) is 6.36. The van der Waals surface area contributed by atoms with Gasteiger partial charge in [0.2, 0.25) is 0 Å². The first-order chi connectivity index (χ1) is 13.3. The van der Waals surface area contributed by atoms with Gasteiger partial charge in [-0.2, -0.15) is 0 Å². The molecule has 5 heteroatoms. The van der Waals surface area contributed by atoms with Crippen molar-refractivity contribution < 1.29 is 4.74 Å². The first kappa shape index (κ1) is 17.2. The van der Waals surface area contributed by atoms with E-state index in [0.29, 0.717) is 10.8 Å². The Morgan fingerprint density at radius 1 is 0.741 bits per heavy atom. The molecule has 4 aromatic rings. The van der Waals surface area contributed by atoms with Gasteiger partial charge >= 0.3 is 0 Å². The van der Waals surface area contributed by atoms with E-state index in [1.165, 1.54) is 0 Å². The lowest BCUT2D eigenvalue weighted by Crippen LogP contribution is -2.11. The van der Waals surface area contributed by atoms with Crippen molar-refractivity contribution in [2.24, 2.45) is 0 Å². The molecule has 0 bridgehead atoms. The smallest absolute Gasteiger partial charge is 0.152 e. The summed E-state index contributed by atoms with van der Waals surface area (Å²) in [5.74, 6) is 0.678. The first-order valence-corrected chi connectivity index (χ1v) is 8.86. The molecule has 0 aliphatic heterocycles. The summed E-state index contributed by atoms with van der Waals surface area (Å²) in [6.07, 6.45) is 8.49.